The van der Waals surface area contributed by atoms with Gasteiger partial charge in [-0.3, -0.25) is 0 Å². The molecule has 0 atom stereocenters. The number of carbonyl (C=O) groups excluding carboxylic acids is 1. The van der Waals surface area contributed by atoms with Gasteiger partial charge in [-0.05, 0) is 36.5 Å². The first kappa shape index (κ1) is 18.6. The first-order valence-electron chi connectivity index (χ1n) is 7.31. The lowest BCUT2D eigenvalue weighted by molar-refractivity contribution is 0.0599. The topological polar surface area (TPSA) is 72.5 Å². The Bertz CT molecular complexity index is 628. The summed E-state index contributed by atoms with van der Waals surface area (Å²) in [5.41, 5.74) is 0.936. The van der Waals surface area contributed by atoms with Crippen molar-refractivity contribution < 1.29 is 17.9 Å². The van der Waals surface area contributed by atoms with Crippen LogP contribution in [0.25, 0.3) is 0 Å². The molecule has 1 N–H and O–H groups in total. The van der Waals surface area contributed by atoms with Crippen molar-refractivity contribution in [3.8, 4) is 0 Å². The van der Waals surface area contributed by atoms with Gasteiger partial charge in [0.05, 0.1) is 17.6 Å². The van der Waals surface area contributed by atoms with E-state index in [9.17, 15) is 13.2 Å². The maximum absolute atomic E-state index is 12.6. The number of esters is 1. The van der Waals surface area contributed by atoms with Crippen LogP contribution in [0.15, 0.2) is 23.1 Å². The largest absolute Gasteiger partial charge is 0.465 e. The average Bonchev–Trinajstić information content (AvgIpc) is 2.43. The highest BCUT2D eigenvalue weighted by Gasteiger charge is 2.26. The lowest BCUT2D eigenvalue weighted by atomic mass is 9.94. The molecule has 0 radical (unpaired) electrons. The molecule has 0 amide bonds. The van der Waals surface area contributed by atoms with E-state index in [1.54, 1.807) is 13.0 Å². The third kappa shape index (κ3) is 4.30. The molecule has 0 heterocycles. The molecule has 5 nitrogen and oxygen atoms in total. The predicted molar refractivity (Wildman–Crippen MR) is 86.3 cm³/mol. The van der Waals surface area contributed by atoms with E-state index < -0.39 is 16.0 Å². The Morgan fingerprint density at radius 2 is 1.68 bits per heavy atom. The Kier molecular flexibility index (Phi) is 6.14. The van der Waals surface area contributed by atoms with Gasteiger partial charge < -0.3 is 4.74 Å². The van der Waals surface area contributed by atoms with E-state index in [0.717, 1.165) is 0 Å². The second kappa shape index (κ2) is 7.24. The molecule has 1 aromatic rings. The maximum atomic E-state index is 12.6. The van der Waals surface area contributed by atoms with Crippen molar-refractivity contribution in [2.45, 2.75) is 45.6 Å². The minimum absolute atomic E-state index is 0.0739. The summed E-state index contributed by atoms with van der Waals surface area (Å²) >= 11 is 0. The number of rotatable bonds is 6. The Balaban J connectivity index is 3.21. The summed E-state index contributed by atoms with van der Waals surface area (Å²) in [6.45, 7) is 9.63. The standard InChI is InChI=1S/C16H25NO4S/c1-10(2)15(11(3)4)17-22(19,20)13-8-7-12(5)14(9-13)16(18)21-6/h7-11,15,17H,1-6H3. The summed E-state index contributed by atoms with van der Waals surface area (Å²) < 4.78 is 32.5. The summed E-state index contributed by atoms with van der Waals surface area (Å²) in [6.07, 6.45) is 0. The predicted octanol–water partition coefficient (Wildman–Crippen LogP) is 2.74. The summed E-state index contributed by atoms with van der Waals surface area (Å²) in [6, 6.07) is 4.30. The van der Waals surface area contributed by atoms with E-state index in [-0.39, 0.29) is 28.3 Å². The summed E-state index contributed by atoms with van der Waals surface area (Å²) in [5, 5.41) is 0. The van der Waals surface area contributed by atoms with Gasteiger partial charge in [-0.2, -0.15) is 0 Å². The van der Waals surface area contributed by atoms with Crippen LogP contribution in [0.1, 0.15) is 43.6 Å². The van der Waals surface area contributed by atoms with Crippen molar-refractivity contribution in [2.75, 3.05) is 7.11 Å². The molecular weight excluding hydrogens is 302 g/mol. The summed E-state index contributed by atoms with van der Waals surface area (Å²) in [7, 11) is -2.42. The fourth-order valence-electron chi connectivity index (χ4n) is 2.39. The fourth-order valence-corrected chi connectivity index (χ4v) is 3.95. The molecule has 0 aliphatic carbocycles. The Morgan fingerprint density at radius 3 is 2.14 bits per heavy atom. The highest BCUT2D eigenvalue weighted by atomic mass is 32.2. The molecule has 124 valence electrons. The molecule has 0 bridgehead atoms. The third-order valence-electron chi connectivity index (χ3n) is 3.65. The van der Waals surface area contributed by atoms with E-state index in [0.29, 0.717) is 5.56 Å². The third-order valence-corrected chi connectivity index (χ3v) is 5.11. The molecule has 0 aromatic heterocycles. The van der Waals surface area contributed by atoms with Gasteiger partial charge in [0, 0.05) is 6.04 Å². The minimum Gasteiger partial charge on any atom is -0.465 e. The lowest BCUT2D eigenvalue weighted by Gasteiger charge is -2.26. The van der Waals surface area contributed by atoms with Gasteiger partial charge in [0.1, 0.15) is 0 Å². The zero-order chi connectivity index (χ0) is 17.1. The molecule has 0 saturated carbocycles. The van der Waals surface area contributed by atoms with Gasteiger partial charge in [-0.1, -0.05) is 33.8 Å². The summed E-state index contributed by atoms with van der Waals surface area (Å²) in [5.74, 6) is -0.209. The molecule has 1 rings (SSSR count). The van der Waals surface area contributed by atoms with Crippen molar-refractivity contribution in [1.29, 1.82) is 0 Å². The zero-order valence-electron chi connectivity index (χ0n) is 14.0. The number of methoxy groups -OCH3 is 1. The van der Waals surface area contributed by atoms with Gasteiger partial charge in [0.2, 0.25) is 10.0 Å². The number of hydrogen-bond donors (Lipinski definition) is 1. The Labute approximate surface area is 133 Å². The lowest BCUT2D eigenvalue weighted by Crippen LogP contribution is -2.42. The molecule has 0 fully saturated rings. The summed E-state index contributed by atoms with van der Waals surface area (Å²) in [4.78, 5) is 11.8. The van der Waals surface area contributed by atoms with Crippen LogP contribution in [0, 0.1) is 18.8 Å². The SMILES string of the molecule is COC(=O)c1cc(S(=O)(=O)NC(C(C)C)C(C)C)ccc1C. The Morgan fingerprint density at radius 1 is 1.14 bits per heavy atom. The van der Waals surface area contributed by atoms with Gasteiger partial charge in [0.25, 0.3) is 0 Å². The van der Waals surface area contributed by atoms with E-state index >= 15 is 0 Å². The van der Waals surface area contributed by atoms with Crippen LogP contribution < -0.4 is 4.72 Å². The van der Waals surface area contributed by atoms with Gasteiger partial charge in [0.15, 0.2) is 0 Å². The van der Waals surface area contributed by atoms with Crippen LogP contribution in [-0.4, -0.2) is 27.5 Å². The van der Waals surface area contributed by atoms with E-state index in [2.05, 4.69) is 9.46 Å². The molecular formula is C16H25NO4S. The number of benzene rings is 1. The molecule has 0 unspecified atom stereocenters. The number of ether oxygens (including phenoxy) is 1. The van der Waals surface area contributed by atoms with Crippen LogP contribution in [-0.2, 0) is 14.8 Å². The second-order valence-electron chi connectivity index (χ2n) is 6.10. The molecule has 22 heavy (non-hydrogen) atoms. The zero-order valence-corrected chi connectivity index (χ0v) is 14.8. The minimum atomic E-state index is -3.69. The van der Waals surface area contributed by atoms with Gasteiger partial charge >= 0.3 is 5.97 Å². The number of aryl methyl sites for hydroxylation is 1. The number of carbonyl (C=O) groups is 1. The normalized spacial score (nSPS) is 12.2. The van der Waals surface area contributed by atoms with Crippen molar-refractivity contribution in [2.24, 2.45) is 11.8 Å². The molecule has 0 aliphatic rings. The first-order valence-corrected chi connectivity index (χ1v) is 8.79. The van der Waals surface area contributed by atoms with Crippen molar-refractivity contribution in [1.82, 2.24) is 4.72 Å². The number of nitrogens with one attached hydrogen (secondary N) is 1. The molecule has 0 spiro atoms. The smallest absolute Gasteiger partial charge is 0.338 e. The highest BCUT2D eigenvalue weighted by molar-refractivity contribution is 7.89. The maximum Gasteiger partial charge on any atom is 0.338 e. The number of sulfonamides is 1. The fraction of sp³-hybridized carbons (Fsp3) is 0.562. The Hall–Kier alpha value is -1.40. The van der Waals surface area contributed by atoms with E-state index in [1.165, 1.54) is 19.2 Å². The van der Waals surface area contributed by atoms with Crippen LogP contribution in [0.4, 0.5) is 0 Å². The van der Waals surface area contributed by atoms with Crippen molar-refractivity contribution >= 4 is 16.0 Å². The quantitative estimate of drug-likeness (QED) is 0.816. The molecule has 0 saturated heterocycles. The number of hydrogen-bond acceptors (Lipinski definition) is 4. The van der Waals surface area contributed by atoms with Crippen LogP contribution in [0.5, 0.6) is 0 Å². The van der Waals surface area contributed by atoms with Crippen LogP contribution >= 0.6 is 0 Å². The van der Waals surface area contributed by atoms with E-state index in [1.807, 2.05) is 27.7 Å². The average molecular weight is 327 g/mol. The molecule has 1 aromatic carbocycles. The van der Waals surface area contributed by atoms with Crippen LogP contribution in [0.3, 0.4) is 0 Å². The first-order chi connectivity index (χ1) is 10.1. The van der Waals surface area contributed by atoms with Crippen molar-refractivity contribution in [3.05, 3.63) is 29.3 Å². The van der Waals surface area contributed by atoms with E-state index in [4.69, 9.17) is 0 Å². The van der Waals surface area contributed by atoms with Gasteiger partial charge in [-0.15, -0.1) is 0 Å². The second-order valence-corrected chi connectivity index (χ2v) is 7.82. The van der Waals surface area contributed by atoms with Gasteiger partial charge in [-0.25, -0.2) is 17.9 Å². The highest BCUT2D eigenvalue weighted by Crippen LogP contribution is 2.20. The molecule has 0 aliphatic heterocycles. The molecule has 6 heteroatoms. The van der Waals surface area contributed by atoms with Crippen LogP contribution in [0.2, 0.25) is 0 Å². The van der Waals surface area contributed by atoms with Crippen molar-refractivity contribution in [3.63, 3.8) is 0 Å². The monoisotopic (exact) mass is 327 g/mol.